The Kier molecular flexibility index (Phi) is 4.74. The second-order valence-electron chi connectivity index (χ2n) is 7.99. The third kappa shape index (κ3) is 3.22. The van der Waals surface area contributed by atoms with Crippen LogP contribution in [0.15, 0.2) is 60.7 Å². The van der Waals surface area contributed by atoms with Gasteiger partial charge in [-0.05, 0) is 47.9 Å². The van der Waals surface area contributed by atoms with Crippen molar-refractivity contribution in [3.05, 3.63) is 77.4 Å². The van der Waals surface area contributed by atoms with E-state index in [0.717, 1.165) is 21.2 Å². The third-order valence-corrected chi connectivity index (χ3v) is 5.98. The van der Waals surface area contributed by atoms with Crippen molar-refractivity contribution in [2.45, 2.75) is 31.9 Å². The minimum Gasteiger partial charge on any atom is -0.485 e. The number of benzene rings is 3. The van der Waals surface area contributed by atoms with Crippen LogP contribution in [-0.2, 0) is 9.59 Å². The monoisotopic (exact) mass is 428 g/mol. The van der Waals surface area contributed by atoms with Crippen LogP contribution in [0.1, 0.15) is 52.1 Å². The lowest BCUT2D eigenvalue weighted by Crippen LogP contribution is -2.54. The van der Waals surface area contributed by atoms with Crippen LogP contribution >= 0.6 is 0 Å². The van der Waals surface area contributed by atoms with Gasteiger partial charge in [0.2, 0.25) is 11.8 Å². The summed E-state index contributed by atoms with van der Waals surface area (Å²) in [5, 5.41) is 4.40. The fourth-order valence-corrected chi connectivity index (χ4v) is 4.30. The average Bonchev–Trinajstić information content (AvgIpc) is 3.04. The molecule has 32 heavy (non-hydrogen) atoms. The summed E-state index contributed by atoms with van der Waals surface area (Å²) < 4.78 is 6.14. The van der Waals surface area contributed by atoms with Gasteiger partial charge in [0.15, 0.2) is 0 Å². The summed E-state index contributed by atoms with van der Waals surface area (Å²) in [5.74, 6) is -1.89. The lowest BCUT2D eigenvalue weighted by molar-refractivity contribution is -0.136. The minimum atomic E-state index is -1.01. The van der Waals surface area contributed by atoms with Gasteiger partial charge in [-0.2, -0.15) is 0 Å². The largest absolute Gasteiger partial charge is 0.485 e. The summed E-state index contributed by atoms with van der Waals surface area (Å²) in [4.78, 5) is 50.9. The van der Waals surface area contributed by atoms with Gasteiger partial charge in [0.05, 0.1) is 11.1 Å². The molecule has 4 amide bonds. The summed E-state index contributed by atoms with van der Waals surface area (Å²) >= 11 is 0. The first kappa shape index (κ1) is 19.9. The van der Waals surface area contributed by atoms with Crippen LogP contribution < -0.4 is 10.1 Å². The van der Waals surface area contributed by atoms with E-state index in [4.69, 9.17) is 4.74 Å². The molecule has 2 aliphatic heterocycles. The zero-order chi connectivity index (χ0) is 22.4. The highest BCUT2D eigenvalue weighted by atomic mass is 16.5. The number of fused-ring (bicyclic) bond motifs is 2. The Hall–Kier alpha value is -4.00. The normalized spacial score (nSPS) is 19.2. The molecule has 1 N–H and O–H groups in total. The highest BCUT2D eigenvalue weighted by molar-refractivity contribution is 6.24. The predicted octanol–water partition coefficient (Wildman–Crippen LogP) is 3.38. The Balaban J connectivity index is 1.45. The van der Waals surface area contributed by atoms with Crippen molar-refractivity contribution in [3.8, 4) is 5.75 Å². The maximum atomic E-state index is 13.2. The molecule has 0 spiro atoms. The van der Waals surface area contributed by atoms with E-state index in [1.54, 1.807) is 18.2 Å². The molecule has 1 fully saturated rings. The smallest absolute Gasteiger partial charge is 0.266 e. The van der Waals surface area contributed by atoms with E-state index in [1.807, 2.05) is 49.4 Å². The maximum Gasteiger partial charge on any atom is 0.266 e. The molecule has 0 radical (unpaired) electrons. The number of piperidine rings is 1. The Morgan fingerprint density at radius 3 is 2.50 bits per heavy atom. The van der Waals surface area contributed by atoms with E-state index >= 15 is 0 Å². The number of ether oxygens (including phenoxy) is 1. The topological polar surface area (TPSA) is 92.8 Å². The molecule has 0 bridgehead atoms. The van der Waals surface area contributed by atoms with E-state index in [0.29, 0.717) is 0 Å². The van der Waals surface area contributed by atoms with Gasteiger partial charge in [0.1, 0.15) is 17.9 Å². The van der Waals surface area contributed by atoms with Crippen LogP contribution in [0.5, 0.6) is 5.75 Å². The van der Waals surface area contributed by atoms with Gasteiger partial charge in [0, 0.05) is 6.42 Å². The van der Waals surface area contributed by atoms with Crippen molar-refractivity contribution in [1.29, 1.82) is 0 Å². The van der Waals surface area contributed by atoms with E-state index < -0.39 is 29.7 Å². The number of imide groups is 2. The molecular formula is C25H20N2O5. The predicted molar refractivity (Wildman–Crippen MR) is 116 cm³/mol. The van der Waals surface area contributed by atoms with E-state index in [2.05, 4.69) is 5.32 Å². The van der Waals surface area contributed by atoms with Gasteiger partial charge in [-0.15, -0.1) is 0 Å². The summed E-state index contributed by atoms with van der Waals surface area (Å²) in [6, 6.07) is 17.9. The van der Waals surface area contributed by atoms with Crippen molar-refractivity contribution in [1.82, 2.24) is 10.2 Å². The Labute approximate surface area is 184 Å². The zero-order valence-corrected chi connectivity index (χ0v) is 17.3. The molecule has 0 aromatic heterocycles. The van der Waals surface area contributed by atoms with E-state index in [1.165, 1.54) is 0 Å². The van der Waals surface area contributed by atoms with Crippen molar-refractivity contribution in [2.75, 3.05) is 0 Å². The van der Waals surface area contributed by atoms with Crippen LogP contribution in [0.4, 0.5) is 0 Å². The maximum absolute atomic E-state index is 13.2. The third-order valence-electron chi connectivity index (χ3n) is 5.98. The standard InChI is InChI=1S/C25H20N2O5/c1-14(16-10-9-15-5-2-3-6-17(15)13-16)32-20-8-4-7-18-22(20)25(31)27(24(18)30)19-11-12-21(28)26-23(19)29/h2-10,13-14,19H,11-12H2,1H3,(H,26,28,29). The molecule has 0 aliphatic carbocycles. The highest BCUT2D eigenvalue weighted by Crippen LogP contribution is 2.36. The van der Waals surface area contributed by atoms with Gasteiger partial charge in [0.25, 0.3) is 11.8 Å². The van der Waals surface area contributed by atoms with Gasteiger partial charge in [-0.25, -0.2) is 0 Å². The number of hydrogen-bond acceptors (Lipinski definition) is 5. The number of nitrogens with one attached hydrogen (secondary N) is 1. The van der Waals surface area contributed by atoms with Crippen LogP contribution in [0.25, 0.3) is 10.8 Å². The molecule has 2 aliphatic rings. The fraction of sp³-hybridized carbons (Fsp3) is 0.200. The van der Waals surface area contributed by atoms with Crippen LogP contribution in [-0.4, -0.2) is 34.6 Å². The summed E-state index contributed by atoms with van der Waals surface area (Å²) in [6.07, 6.45) is -0.190. The van der Waals surface area contributed by atoms with Crippen molar-refractivity contribution in [3.63, 3.8) is 0 Å². The molecule has 7 nitrogen and oxygen atoms in total. The first-order chi connectivity index (χ1) is 15.4. The molecule has 2 unspecified atom stereocenters. The Morgan fingerprint density at radius 1 is 0.938 bits per heavy atom. The number of nitrogens with zero attached hydrogens (tertiary/aromatic N) is 1. The summed E-state index contributed by atoms with van der Waals surface area (Å²) in [6.45, 7) is 1.88. The summed E-state index contributed by atoms with van der Waals surface area (Å²) in [5.41, 5.74) is 1.28. The lowest BCUT2D eigenvalue weighted by atomic mass is 10.0. The molecule has 5 rings (SSSR count). The molecule has 2 atom stereocenters. The van der Waals surface area contributed by atoms with E-state index in [9.17, 15) is 19.2 Å². The lowest BCUT2D eigenvalue weighted by Gasteiger charge is -2.27. The molecule has 160 valence electrons. The SMILES string of the molecule is CC(Oc1cccc2c1C(=O)N(C1CCC(=O)NC1=O)C2=O)c1ccc2ccccc2c1. The van der Waals surface area contributed by atoms with Crippen molar-refractivity contribution < 1.29 is 23.9 Å². The Morgan fingerprint density at radius 2 is 1.72 bits per heavy atom. The van der Waals surface area contributed by atoms with Crippen molar-refractivity contribution in [2.24, 2.45) is 0 Å². The second-order valence-corrected chi connectivity index (χ2v) is 7.99. The molecule has 3 aromatic rings. The molecule has 7 heteroatoms. The van der Waals surface area contributed by atoms with Gasteiger partial charge < -0.3 is 4.74 Å². The average molecular weight is 428 g/mol. The van der Waals surface area contributed by atoms with Crippen molar-refractivity contribution >= 4 is 34.4 Å². The summed E-state index contributed by atoms with van der Waals surface area (Å²) in [7, 11) is 0. The molecule has 3 aromatic carbocycles. The first-order valence-corrected chi connectivity index (χ1v) is 10.4. The number of hydrogen-bond donors (Lipinski definition) is 1. The first-order valence-electron chi connectivity index (χ1n) is 10.4. The zero-order valence-electron chi connectivity index (χ0n) is 17.3. The van der Waals surface area contributed by atoms with Gasteiger partial charge >= 0.3 is 0 Å². The molecule has 2 heterocycles. The number of amides is 4. The van der Waals surface area contributed by atoms with Crippen LogP contribution in [0.3, 0.4) is 0 Å². The Bertz CT molecular complexity index is 1300. The van der Waals surface area contributed by atoms with E-state index in [-0.39, 0.29) is 35.8 Å². The minimum absolute atomic E-state index is 0.0756. The van der Waals surface area contributed by atoms with Gasteiger partial charge in [-0.1, -0.05) is 42.5 Å². The van der Waals surface area contributed by atoms with Gasteiger partial charge in [-0.3, -0.25) is 29.4 Å². The highest BCUT2D eigenvalue weighted by Gasteiger charge is 2.46. The molecule has 0 saturated carbocycles. The van der Waals surface area contributed by atoms with Crippen LogP contribution in [0.2, 0.25) is 0 Å². The molecular weight excluding hydrogens is 408 g/mol. The quantitative estimate of drug-likeness (QED) is 0.643. The number of rotatable bonds is 4. The number of carbonyl (C=O) groups is 4. The molecule has 1 saturated heterocycles. The number of carbonyl (C=O) groups excluding carboxylic acids is 4. The second kappa shape index (κ2) is 7.60. The fourth-order valence-electron chi connectivity index (χ4n) is 4.30. The van der Waals surface area contributed by atoms with Crippen LogP contribution in [0, 0.1) is 0 Å².